The molecular formula is C16H23NO2S. The SMILES string of the molecule is CCCCC1=CCCC1NS(=O)(=O)c1ccc(C)cc1. The first-order valence-electron chi connectivity index (χ1n) is 7.31. The Bertz CT molecular complexity index is 573. The highest BCUT2D eigenvalue weighted by Crippen LogP contribution is 2.25. The van der Waals surface area contributed by atoms with Gasteiger partial charge in [-0.25, -0.2) is 13.1 Å². The predicted molar refractivity (Wildman–Crippen MR) is 82.1 cm³/mol. The second-order valence-corrected chi connectivity index (χ2v) is 7.16. The molecule has 0 aromatic heterocycles. The summed E-state index contributed by atoms with van der Waals surface area (Å²) in [5.74, 6) is 0. The van der Waals surface area contributed by atoms with E-state index in [0.29, 0.717) is 4.90 Å². The van der Waals surface area contributed by atoms with Crippen molar-refractivity contribution in [3.8, 4) is 0 Å². The molecule has 0 heterocycles. The van der Waals surface area contributed by atoms with Crippen LogP contribution < -0.4 is 4.72 Å². The van der Waals surface area contributed by atoms with Crippen LogP contribution in [0.4, 0.5) is 0 Å². The lowest BCUT2D eigenvalue weighted by Crippen LogP contribution is -2.34. The van der Waals surface area contributed by atoms with E-state index in [0.717, 1.165) is 37.7 Å². The van der Waals surface area contributed by atoms with Gasteiger partial charge < -0.3 is 0 Å². The van der Waals surface area contributed by atoms with Crippen molar-refractivity contribution in [1.82, 2.24) is 4.72 Å². The van der Waals surface area contributed by atoms with Crippen LogP contribution in [0, 0.1) is 6.92 Å². The molecule has 3 nitrogen and oxygen atoms in total. The van der Waals surface area contributed by atoms with Gasteiger partial charge in [0, 0.05) is 6.04 Å². The van der Waals surface area contributed by atoms with Gasteiger partial charge in [0.1, 0.15) is 0 Å². The molecule has 2 rings (SSSR count). The quantitative estimate of drug-likeness (QED) is 0.815. The molecule has 0 spiro atoms. The van der Waals surface area contributed by atoms with Crippen LogP contribution in [-0.2, 0) is 10.0 Å². The third kappa shape index (κ3) is 3.70. The Morgan fingerprint density at radius 3 is 2.60 bits per heavy atom. The first kappa shape index (κ1) is 15.3. The minimum atomic E-state index is -3.41. The van der Waals surface area contributed by atoms with Gasteiger partial charge in [-0.2, -0.15) is 0 Å². The van der Waals surface area contributed by atoms with Gasteiger partial charge in [0.25, 0.3) is 0 Å². The number of allylic oxidation sites excluding steroid dienone is 1. The van der Waals surface area contributed by atoms with E-state index in [9.17, 15) is 8.42 Å². The molecule has 1 aromatic rings. The maximum atomic E-state index is 12.4. The molecule has 1 aliphatic carbocycles. The molecule has 4 heteroatoms. The summed E-state index contributed by atoms with van der Waals surface area (Å²) in [6, 6.07) is 6.98. The lowest BCUT2D eigenvalue weighted by molar-refractivity contribution is 0.559. The fourth-order valence-corrected chi connectivity index (χ4v) is 3.80. The summed E-state index contributed by atoms with van der Waals surface area (Å²) in [7, 11) is -3.41. The monoisotopic (exact) mass is 293 g/mol. The Morgan fingerprint density at radius 2 is 1.95 bits per heavy atom. The summed E-state index contributed by atoms with van der Waals surface area (Å²) >= 11 is 0. The van der Waals surface area contributed by atoms with Crippen LogP contribution in [0.2, 0.25) is 0 Å². The van der Waals surface area contributed by atoms with E-state index in [-0.39, 0.29) is 6.04 Å². The zero-order chi connectivity index (χ0) is 14.6. The molecule has 0 saturated carbocycles. The van der Waals surface area contributed by atoms with Gasteiger partial charge in [-0.1, -0.05) is 42.7 Å². The fourth-order valence-electron chi connectivity index (χ4n) is 2.53. The van der Waals surface area contributed by atoms with E-state index >= 15 is 0 Å². The summed E-state index contributed by atoms with van der Waals surface area (Å²) in [6.07, 6.45) is 7.29. The van der Waals surface area contributed by atoms with E-state index in [1.54, 1.807) is 12.1 Å². The van der Waals surface area contributed by atoms with Crippen molar-refractivity contribution in [3.05, 3.63) is 41.5 Å². The maximum absolute atomic E-state index is 12.4. The lowest BCUT2D eigenvalue weighted by atomic mass is 10.1. The zero-order valence-electron chi connectivity index (χ0n) is 12.2. The normalized spacial score (nSPS) is 19.1. The van der Waals surface area contributed by atoms with Gasteiger partial charge >= 0.3 is 0 Å². The van der Waals surface area contributed by atoms with Crippen LogP contribution in [0.15, 0.2) is 40.8 Å². The number of unbranched alkanes of at least 4 members (excludes halogenated alkanes) is 1. The van der Waals surface area contributed by atoms with E-state index in [4.69, 9.17) is 0 Å². The average molecular weight is 293 g/mol. The van der Waals surface area contributed by atoms with Crippen molar-refractivity contribution >= 4 is 10.0 Å². The maximum Gasteiger partial charge on any atom is 0.241 e. The third-order valence-corrected chi connectivity index (χ3v) is 5.24. The largest absolute Gasteiger partial charge is 0.241 e. The summed E-state index contributed by atoms with van der Waals surface area (Å²) in [6.45, 7) is 4.10. The second-order valence-electron chi connectivity index (χ2n) is 5.45. The van der Waals surface area contributed by atoms with Crippen molar-refractivity contribution < 1.29 is 8.42 Å². The van der Waals surface area contributed by atoms with Crippen LogP contribution in [0.1, 0.15) is 44.6 Å². The first-order chi connectivity index (χ1) is 9.53. The van der Waals surface area contributed by atoms with Gasteiger partial charge in [0.2, 0.25) is 10.0 Å². The molecule has 0 radical (unpaired) electrons. The highest BCUT2D eigenvalue weighted by Gasteiger charge is 2.25. The smallest absolute Gasteiger partial charge is 0.207 e. The number of sulfonamides is 1. The molecule has 1 aliphatic rings. The number of hydrogen-bond donors (Lipinski definition) is 1. The molecule has 20 heavy (non-hydrogen) atoms. The number of aryl methyl sites for hydroxylation is 1. The Balaban J connectivity index is 2.08. The fraction of sp³-hybridized carbons (Fsp3) is 0.500. The molecule has 1 aromatic carbocycles. The minimum absolute atomic E-state index is 0.0205. The molecule has 0 saturated heterocycles. The molecule has 0 fully saturated rings. The summed E-state index contributed by atoms with van der Waals surface area (Å²) in [5.41, 5.74) is 2.32. The van der Waals surface area contributed by atoms with Crippen molar-refractivity contribution in [2.45, 2.75) is 56.9 Å². The van der Waals surface area contributed by atoms with Crippen LogP contribution >= 0.6 is 0 Å². The molecule has 0 amide bonds. The zero-order valence-corrected chi connectivity index (χ0v) is 13.0. The van der Waals surface area contributed by atoms with Crippen molar-refractivity contribution in [1.29, 1.82) is 0 Å². The highest BCUT2D eigenvalue weighted by molar-refractivity contribution is 7.89. The standard InChI is InChI=1S/C16H23NO2S/c1-3-4-6-14-7-5-8-16(14)17-20(18,19)15-11-9-13(2)10-12-15/h7,9-12,16-17H,3-6,8H2,1-2H3. The number of rotatable bonds is 6. The third-order valence-electron chi connectivity index (χ3n) is 3.76. The van der Waals surface area contributed by atoms with Crippen LogP contribution in [0.25, 0.3) is 0 Å². The molecule has 0 aliphatic heterocycles. The highest BCUT2D eigenvalue weighted by atomic mass is 32.2. The number of benzene rings is 1. The van der Waals surface area contributed by atoms with Gasteiger partial charge in [0.15, 0.2) is 0 Å². The van der Waals surface area contributed by atoms with Crippen molar-refractivity contribution in [2.75, 3.05) is 0 Å². The average Bonchev–Trinajstić information content (AvgIpc) is 2.83. The first-order valence-corrected chi connectivity index (χ1v) is 8.79. The molecule has 1 atom stereocenters. The minimum Gasteiger partial charge on any atom is -0.207 e. The van der Waals surface area contributed by atoms with Crippen molar-refractivity contribution in [2.24, 2.45) is 0 Å². The molecule has 1 unspecified atom stereocenters. The molecule has 1 N–H and O–H groups in total. The van der Waals surface area contributed by atoms with E-state index in [1.165, 1.54) is 5.57 Å². The lowest BCUT2D eigenvalue weighted by Gasteiger charge is -2.17. The van der Waals surface area contributed by atoms with Gasteiger partial charge in [-0.3, -0.25) is 0 Å². The van der Waals surface area contributed by atoms with Crippen molar-refractivity contribution in [3.63, 3.8) is 0 Å². The van der Waals surface area contributed by atoms with Gasteiger partial charge in [0.05, 0.1) is 4.90 Å². The van der Waals surface area contributed by atoms with E-state index in [1.807, 2.05) is 19.1 Å². The summed E-state index contributed by atoms with van der Waals surface area (Å²) < 4.78 is 27.6. The second kappa shape index (κ2) is 6.55. The predicted octanol–water partition coefficient (Wildman–Crippen LogP) is 3.55. The summed E-state index contributed by atoms with van der Waals surface area (Å²) in [4.78, 5) is 0.352. The Kier molecular flexibility index (Phi) is 5.00. The number of hydrogen-bond acceptors (Lipinski definition) is 2. The van der Waals surface area contributed by atoms with Crippen LogP contribution in [0.5, 0.6) is 0 Å². The van der Waals surface area contributed by atoms with Gasteiger partial charge in [-0.05, 0) is 44.7 Å². The Hall–Kier alpha value is -1.13. The van der Waals surface area contributed by atoms with E-state index < -0.39 is 10.0 Å². The van der Waals surface area contributed by atoms with Crippen LogP contribution in [-0.4, -0.2) is 14.5 Å². The topological polar surface area (TPSA) is 46.2 Å². The van der Waals surface area contributed by atoms with E-state index in [2.05, 4.69) is 17.7 Å². The Labute approximate surface area is 122 Å². The molecule has 110 valence electrons. The summed E-state index contributed by atoms with van der Waals surface area (Å²) in [5, 5.41) is 0. The van der Waals surface area contributed by atoms with Gasteiger partial charge in [-0.15, -0.1) is 0 Å². The molecular weight excluding hydrogens is 270 g/mol. The molecule has 0 bridgehead atoms. The number of nitrogens with one attached hydrogen (secondary N) is 1. The van der Waals surface area contributed by atoms with Crippen LogP contribution in [0.3, 0.4) is 0 Å². The Morgan fingerprint density at radius 1 is 1.25 bits per heavy atom.